The van der Waals surface area contributed by atoms with Crippen molar-refractivity contribution in [2.75, 3.05) is 5.32 Å². The number of anilines is 1. The van der Waals surface area contributed by atoms with Crippen LogP contribution >= 0.6 is 11.6 Å². The topological polar surface area (TPSA) is 29.1 Å². The van der Waals surface area contributed by atoms with Gasteiger partial charge in [-0.1, -0.05) is 31.4 Å². The maximum Gasteiger partial charge on any atom is 0.227 e. The van der Waals surface area contributed by atoms with Gasteiger partial charge in [0.15, 0.2) is 0 Å². The first kappa shape index (κ1) is 12.4. The average Bonchev–Trinajstić information content (AvgIpc) is 2.40. The number of carbonyl (C=O) groups excluding carboxylic acids is 1. The highest BCUT2D eigenvalue weighted by atomic mass is 35.5. The van der Waals surface area contributed by atoms with Crippen molar-refractivity contribution in [3.05, 3.63) is 29.8 Å². The molecule has 2 rings (SSSR count). The predicted molar refractivity (Wildman–Crippen MR) is 71.2 cm³/mol. The van der Waals surface area contributed by atoms with E-state index in [1.54, 1.807) is 0 Å². The number of halogens is 1. The Morgan fingerprint density at radius 2 is 2.06 bits per heavy atom. The fourth-order valence-corrected chi connectivity index (χ4v) is 2.51. The van der Waals surface area contributed by atoms with Crippen LogP contribution in [0.1, 0.15) is 37.7 Å². The zero-order valence-corrected chi connectivity index (χ0v) is 10.7. The lowest BCUT2D eigenvalue weighted by molar-refractivity contribution is -0.120. The standard InChI is InChI=1S/C14H18ClNO/c15-10-11-5-4-8-13(9-11)16-14(17)12-6-2-1-3-7-12/h4-5,8-9,12H,1-3,6-7,10H2,(H,16,17). The summed E-state index contributed by atoms with van der Waals surface area (Å²) in [5.41, 5.74) is 1.90. The Balaban J connectivity index is 1.96. The van der Waals surface area contributed by atoms with Crippen LogP contribution in [0.15, 0.2) is 24.3 Å². The van der Waals surface area contributed by atoms with E-state index in [-0.39, 0.29) is 11.8 Å². The van der Waals surface area contributed by atoms with Crippen molar-refractivity contribution in [1.29, 1.82) is 0 Å². The van der Waals surface area contributed by atoms with E-state index in [0.717, 1.165) is 24.1 Å². The number of benzene rings is 1. The van der Waals surface area contributed by atoms with Gasteiger partial charge in [0, 0.05) is 17.5 Å². The second-order valence-corrected chi connectivity index (χ2v) is 4.93. The van der Waals surface area contributed by atoms with Crippen LogP contribution in [0, 0.1) is 5.92 Å². The van der Waals surface area contributed by atoms with Crippen molar-refractivity contribution < 1.29 is 4.79 Å². The normalized spacial score (nSPS) is 16.8. The molecule has 17 heavy (non-hydrogen) atoms. The number of hydrogen-bond donors (Lipinski definition) is 1. The fraction of sp³-hybridized carbons (Fsp3) is 0.500. The SMILES string of the molecule is O=C(Nc1cccc(CCl)c1)C1CCCCC1. The minimum atomic E-state index is 0.163. The van der Waals surface area contributed by atoms with E-state index >= 15 is 0 Å². The van der Waals surface area contributed by atoms with Gasteiger partial charge >= 0.3 is 0 Å². The molecule has 1 fully saturated rings. The van der Waals surface area contributed by atoms with Gasteiger partial charge in [-0.3, -0.25) is 4.79 Å². The van der Waals surface area contributed by atoms with Crippen LogP contribution in [0.25, 0.3) is 0 Å². The monoisotopic (exact) mass is 251 g/mol. The van der Waals surface area contributed by atoms with Crippen LogP contribution in [0.2, 0.25) is 0 Å². The van der Waals surface area contributed by atoms with Gasteiger partial charge in [0.1, 0.15) is 0 Å². The zero-order valence-electron chi connectivity index (χ0n) is 9.92. The molecule has 0 radical (unpaired) electrons. The van der Waals surface area contributed by atoms with Gasteiger partial charge in [-0.2, -0.15) is 0 Å². The summed E-state index contributed by atoms with van der Waals surface area (Å²) in [4.78, 5) is 12.0. The molecule has 0 unspecified atom stereocenters. The largest absolute Gasteiger partial charge is 0.326 e. The molecule has 2 nitrogen and oxygen atoms in total. The molecule has 0 bridgehead atoms. The molecule has 1 N–H and O–H groups in total. The number of nitrogens with one attached hydrogen (secondary N) is 1. The minimum Gasteiger partial charge on any atom is -0.326 e. The van der Waals surface area contributed by atoms with Gasteiger partial charge < -0.3 is 5.32 Å². The Morgan fingerprint density at radius 1 is 1.29 bits per heavy atom. The van der Waals surface area contributed by atoms with E-state index < -0.39 is 0 Å². The molecule has 0 aromatic heterocycles. The molecular formula is C14H18ClNO. The highest BCUT2D eigenvalue weighted by Crippen LogP contribution is 2.25. The summed E-state index contributed by atoms with van der Waals surface area (Å²) >= 11 is 5.77. The Kier molecular flexibility index (Phi) is 4.43. The first-order chi connectivity index (χ1) is 8.29. The summed E-state index contributed by atoms with van der Waals surface area (Å²) in [5.74, 6) is 0.840. The number of carbonyl (C=O) groups is 1. The third-order valence-corrected chi connectivity index (χ3v) is 3.63. The third kappa shape index (κ3) is 3.47. The molecule has 0 spiro atoms. The number of amides is 1. The summed E-state index contributed by atoms with van der Waals surface area (Å²) in [5, 5.41) is 2.99. The molecule has 92 valence electrons. The van der Waals surface area contributed by atoms with Crippen LogP contribution < -0.4 is 5.32 Å². The van der Waals surface area contributed by atoms with E-state index in [9.17, 15) is 4.79 Å². The van der Waals surface area contributed by atoms with Gasteiger partial charge in [-0.15, -0.1) is 11.6 Å². The average molecular weight is 252 g/mol. The molecule has 0 aliphatic heterocycles. The van der Waals surface area contributed by atoms with Crippen LogP contribution in [0.4, 0.5) is 5.69 Å². The second kappa shape index (κ2) is 6.06. The van der Waals surface area contributed by atoms with Crippen molar-refractivity contribution in [2.24, 2.45) is 5.92 Å². The molecule has 1 saturated carbocycles. The maximum absolute atomic E-state index is 12.0. The van der Waals surface area contributed by atoms with Crippen LogP contribution in [0.5, 0.6) is 0 Å². The molecule has 0 heterocycles. The summed E-state index contributed by atoms with van der Waals surface area (Å²) in [6, 6.07) is 7.74. The summed E-state index contributed by atoms with van der Waals surface area (Å²) in [7, 11) is 0. The molecule has 1 amide bonds. The van der Waals surface area contributed by atoms with Crippen LogP contribution in [-0.4, -0.2) is 5.91 Å². The number of alkyl halides is 1. The van der Waals surface area contributed by atoms with Crippen molar-refractivity contribution in [2.45, 2.75) is 38.0 Å². The molecule has 1 aromatic rings. The highest BCUT2D eigenvalue weighted by molar-refractivity contribution is 6.17. The predicted octanol–water partition coefficient (Wildman–Crippen LogP) is 3.94. The molecule has 0 saturated heterocycles. The van der Waals surface area contributed by atoms with E-state index in [4.69, 9.17) is 11.6 Å². The molecule has 0 atom stereocenters. The van der Waals surface area contributed by atoms with E-state index in [0.29, 0.717) is 5.88 Å². The van der Waals surface area contributed by atoms with Crippen LogP contribution in [0.3, 0.4) is 0 Å². The van der Waals surface area contributed by atoms with E-state index in [1.165, 1.54) is 19.3 Å². The van der Waals surface area contributed by atoms with Gasteiger partial charge in [0.2, 0.25) is 5.91 Å². The first-order valence-corrected chi connectivity index (χ1v) is 6.79. The van der Waals surface area contributed by atoms with Crippen molar-refractivity contribution in [1.82, 2.24) is 0 Å². The maximum atomic E-state index is 12.0. The second-order valence-electron chi connectivity index (χ2n) is 4.66. The highest BCUT2D eigenvalue weighted by Gasteiger charge is 2.20. The Bertz CT molecular complexity index is 386. The van der Waals surface area contributed by atoms with Crippen LogP contribution in [-0.2, 0) is 10.7 Å². The lowest BCUT2D eigenvalue weighted by atomic mass is 9.88. The molecule has 1 aliphatic carbocycles. The molecule has 1 aliphatic rings. The van der Waals surface area contributed by atoms with E-state index in [1.807, 2.05) is 24.3 Å². The quantitative estimate of drug-likeness (QED) is 0.810. The lowest BCUT2D eigenvalue weighted by Crippen LogP contribution is -2.24. The minimum absolute atomic E-state index is 0.163. The summed E-state index contributed by atoms with van der Waals surface area (Å²) in [6.07, 6.45) is 5.69. The fourth-order valence-electron chi connectivity index (χ4n) is 2.34. The molecule has 3 heteroatoms. The van der Waals surface area contributed by atoms with Gasteiger partial charge in [-0.25, -0.2) is 0 Å². The van der Waals surface area contributed by atoms with E-state index in [2.05, 4.69) is 5.32 Å². The van der Waals surface area contributed by atoms with Crippen molar-refractivity contribution in [3.63, 3.8) is 0 Å². The zero-order chi connectivity index (χ0) is 12.1. The Hall–Kier alpha value is -1.02. The Labute approximate surface area is 107 Å². The number of hydrogen-bond acceptors (Lipinski definition) is 1. The molecule has 1 aromatic carbocycles. The van der Waals surface area contributed by atoms with Gasteiger partial charge in [0.25, 0.3) is 0 Å². The van der Waals surface area contributed by atoms with Crippen molar-refractivity contribution >= 4 is 23.2 Å². The van der Waals surface area contributed by atoms with Gasteiger partial charge in [0.05, 0.1) is 0 Å². The molecular weight excluding hydrogens is 234 g/mol. The number of rotatable bonds is 3. The Morgan fingerprint density at radius 3 is 2.76 bits per heavy atom. The lowest BCUT2D eigenvalue weighted by Gasteiger charge is -2.20. The third-order valence-electron chi connectivity index (χ3n) is 3.32. The smallest absolute Gasteiger partial charge is 0.227 e. The van der Waals surface area contributed by atoms with Gasteiger partial charge in [-0.05, 0) is 30.5 Å². The van der Waals surface area contributed by atoms with Crippen molar-refractivity contribution in [3.8, 4) is 0 Å². The summed E-state index contributed by atoms with van der Waals surface area (Å²) in [6.45, 7) is 0. The first-order valence-electron chi connectivity index (χ1n) is 6.25. The summed E-state index contributed by atoms with van der Waals surface area (Å²) < 4.78 is 0.